The Kier molecular flexibility index (Phi) is 5.90. The number of likely N-dealkylation sites (N-methyl/N-ethyl adjacent to an activating group) is 1. The topological polar surface area (TPSA) is 93.4 Å². The normalized spacial score (nSPS) is 19.5. The molecule has 8 nitrogen and oxygen atoms in total. The molecule has 162 valence electrons. The van der Waals surface area contributed by atoms with Crippen molar-refractivity contribution in [2.24, 2.45) is 0 Å². The summed E-state index contributed by atoms with van der Waals surface area (Å²) in [5.41, 5.74) is 1.13. The van der Waals surface area contributed by atoms with Crippen LogP contribution in [0.25, 0.3) is 5.76 Å². The van der Waals surface area contributed by atoms with Crippen LogP contribution < -0.4 is 14.4 Å². The van der Waals surface area contributed by atoms with Crippen molar-refractivity contribution < 1.29 is 29.1 Å². The molecule has 0 spiro atoms. The summed E-state index contributed by atoms with van der Waals surface area (Å²) in [6.07, 6.45) is 3.26. The van der Waals surface area contributed by atoms with Gasteiger partial charge in [-0.15, -0.1) is 0 Å². The SMILES string of the molecule is CC[NH+](CC)CCN1C(=O)C(=O)C(=C(O)c2ccc3c(c2)OCO3)C1c1cccnc1. The number of aliphatic hydroxyl groups is 1. The summed E-state index contributed by atoms with van der Waals surface area (Å²) in [7, 11) is 0. The molecule has 1 saturated heterocycles. The van der Waals surface area contributed by atoms with Gasteiger partial charge < -0.3 is 24.4 Å². The predicted molar refractivity (Wildman–Crippen MR) is 113 cm³/mol. The number of carbonyl (C=O) groups is 2. The fraction of sp³-hybridized carbons (Fsp3) is 0.348. The number of hydrogen-bond acceptors (Lipinski definition) is 6. The average Bonchev–Trinajstić information content (AvgIpc) is 3.37. The lowest BCUT2D eigenvalue weighted by Gasteiger charge is -2.26. The van der Waals surface area contributed by atoms with Gasteiger partial charge in [0, 0.05) is 18.0 Å². The van der Waals surface area contributed by atoms with E-state index in [0.717, 1.165) is 13.1 Å². The number of hydrogen-bond donors (Lipinski definition) is 2. The summed E-state index contributed by atoms with van der Waals surface area (Å²) in [4.78, 5) is 33.0. The minimum Gasteiger partial charge on any atom is -0.507 e. The number of ether oxygens (including phenoxy) is 2. The van der Waals surface area contributed by atoms with Crippen molar-refractivity contribution in [3.05, 3.63) is 59.4 Å². The summed E-state index contributed by atoms with van der Waals surface area (Å²) in [5, 5.41) is 11.1. The van der Waals surface area contributed by atoms with Crippen LogP contribution in [0.4, 0.5) is 0 Å². The third-order valence-corrected chi connectivity index (χ3v) is 5.89. The number of ketones is 1. The van der Waals surface area contributed by atoms with Crippen LogP contribution in [0.15, 0.2) is 48.3 Å². The number of quaternary nitrogens is 1. The number of fused-ring (bicyclic) bond motifs is 1. The van der Waals surface area contributed by atoms with E-state index in [-0.39, 0.29) is 18.1 Å². The summed E-state index contributed by atoms with van der Waals surface area (Å²) >= 11 is 0. The Hall–Kier alpha value is -3.39. The van der Waals surface area contributed by atoms with Crippen molar-refractivity contribution in [1.29, 1.82) is 0 Å². The number of carbonyl (C=O) groups excluding carboxylic acids is 2. The van der Waals surface area contributed by atoms with Crippen molar-refractivity contribution in [3.8, 4) is 11.5 Å². The summed E-state index contributed by atoms with van der Waals surface area (Å²) < 4.78 is 10.7. The molecule has 31 heavy (non-hydrogen) atoms. The van der Waals surface area contributed by atoms with Crippen LogP contribution in [-0.4, -0.2) is 59.7 Å². The molecular weight excluding hydrogens is 398 g/mol. The number of pyridine rings is 1. The molecule has 2 N–H and O–H groups in total. The molecule has 8 heteroatoms. The second-order valence-corrected chi connectivity index (χ2v) is 7.55. The molecule has 2 aromatic rings. The van der Waals surface area contributed by atoms with Crippen molar-refractivity contribution in [2.45, 2.75) is 19.9 Å². The molecule has 1 aromatic carbocycles. The van der Waals surface area contributed by atoms with E-state index < -0.39 is 17.7 Å². The Morgan fingerprint density at radius 2 is 1.97 bits per heavy atom. The first-order chi connectivity index (χ1) is 15.0. The van der Waals surface area contributed by atoms with Crippen LogP contribution in [-0.2, 0) is 9.59 Å². The Labute approximate surface area is 180 Å². The van der Waals surface area contributed by atoms with Gasteiger partial charge in [-0.25, -0.2) is 0 Å². The van der Waals surface area contributed by atoms with Gasteiger partial charge in [-0.05, 0) is 43.7 Å². The quantitative estimate of drug-likeness (QED) is 0.394. The van der Waals surface area contributed by atoms with E-state index in [1.807, 2.05) is 6.07 Å². The minimum atomic E-state index is -0.700. The molecule has 0 aliphatic carbocycles. The Morgan fingerprint density at radius 1 is 1.19 bits per heavy atom. The molecule has 1 unspecified atom stereocenters. The van der Waals surface area contributed by atoms with Crippen molar-refractivity contribution in [3.63, 3.8) is 0 Å². The monoisotopic (exact) mass is 424 g/mol. The van der Waals surface area contributed by atoms with E-state index in [0.29, 0.717) is 35.7 Å². The van der Waals surface area contributed by atoms with Crippen molar-refractivity contribution in [1.82, 2.24) is 9.88 Å². The molecule has 2 aliphatic rings. The predicted octanol–water partition coefficient (Wildman–Crippen LogP) is 1.16. The molecule has 1 amide bonds. The smallest absolute Gasteiger partial charge is 0.295 e. The Bertz CT molecular complexity index is 1020. The first kappa shape index (κ1) is 20.9. The van der Waals surface area contributed by atoms with Gasteiger partial charge in [0.15, 0.2) is 11.5 Å². The lowest BCUT2D eigenvalue weighted by molar-refractivity contribution is -0.895. The molecule has 0 saturated carbocycles. The van der Waals surface area contributed by atoms with Gasteiger partial charge in [0.2, 0.25) is 6.79 Å². The highest BCUT2D eigenvalue weighted by atomic mass is 16.7. The zero-order chi connectivity index (χ0) is 22.0. The number of aromatic nitrogens is 1. The number of amides is 1. The fourth-order valence-electron chi connectivity index (χ4n) is 4.08. The molecule has 4 rings (SSSR count). The highest BCUT2D eigenvalue weighted by Crippen LogP contribution is 2.40. The number of likely N-dealkylation sites (tertiary alicyclic amines) is 1. The maximum Gasteiger partial charge on any atom is 0.295 e. The minimum absolute atomic E-state index is 0.0615. The van der Waals surface area contributed by atoms with E-state index in [1.165, 1.54) is 4.90 Å². The second-order valence-electron chi connectivity index (χ2n) is 7.55. The van der Waals surface area contributed by atoms with Crippen molar-refractivity contribution in [2.75, 3.05) is 33.0 Å². The second kappa shape index (κ2) is 8.77. The highest BCUT2D eigenvalue weighted by molar-refractivity contribution is 6.46. The molecule has 0 bridgehead atoms. The summed E-state index contributed by atoms with van der Waals surface area (Å²) in [5.74, 6) is -0.478. The Morgan fingerprint density at radius 3 is 2.68 bits per heavy atom. The number of aliphatic hydroxyl groups excluding tert-OH is 1. The summed E-state index contributed by atoms with van der Waals surface area (Å²) in [6.45, 7) is 7.24. The number of nitrogens with zero attached hydrogens (tertiary/aromatic N) is 2. The first-order valence-corrected chi connectivity index (χ1v) is 10.5. The van der Waals surface area contributed by atoms with Crippen LogP contribution in [0.1, 0.15) is 31.0 Å². The maximum atomic E-state index is 13.0. The number of rotatable bonds is 7. The zero-order valence-corrected chi connectivity index (χ0v) is 17.6. The van der Waals surface area contributed by atoms with Crippen LogP contribution >= 0.6 is 0 Å². The molecule has 0 radical (unpaired) electrons. The lowest BCUT2D eigenvalue weighted by Crippen LogP contribution is -3.12. The molecule has 2 aliphatic heterocycles. The standard InChI is InChI=1S/C23H25N3O5/c1-3-25(4-2)10-11-26-20(16-6-5-9-24-13-16)19(22(28)23(26)29)21(27)15-7-8-17-18(12-15)31-14-30-17/h5-9,12-13,20,27H,3-4,10-11,14H2,1-2H3/p+1. The number of benzene rings is 1. The molecule has 3 heterocycles. The zero-order valence-electron chi connectivity index (χ0n) is 17.6. The largest absolute Gasteiger partial charge is 0.507 e. The van der Waals surface area contributed by atoms with Gasteiger partial charge in [-0.2, -0.15) is 0 Å². The summed E-state index contributed by atoms with van der Waals surface area (Å²) in [6, 6.07) is 7.81. The van der Waals surface area contributed by atoms with Gasteiger partial charge in [-0.3, -0.25) is 14.6 Å². The van der Waals surface area contributed by atoms with Crippen LogP contribution in [0.3, 0.4) is 0 Å². The van der Waals surface area contributed by atoms with Gasteiger partial charge >= 0.3 is 0 Å². The van der Waals surface area contributed by atoms with E-state index in [2.05, 4.69) is 18.8 Å². The number of nitrogens with one attached hydrogen (secondary N) is 1. The highest BCUT2D eigenvalue weighted by Gasteiger charge is 2.46. The van der Waals surface area contributed by atoms with Crippen molar-refractivity contribution >= 4 is 17.4 Å². The molecule has 1 atom stereocenters. The third-order valence-electron chi connectivity index (χ3n) is 5.89. The average molecular weight is 424 g/mol. The number of Topliss-reactive ketones (excluding diaryl/α,β-unsaturated/α-hetero) is 1. The maximum absolute atomic E-state index is 13.0. The van der Waals surface area contributed by atoms with Gasteiger partial charge in [0.25, 0.3) is 11.7 Å². The van der Waals surface area contributed by atoms with E-state index >= 15 is 0 Å². The van der Waals surface area contributed by atoms with Crippen LogP contribution in [0.5, 0.6) is 11.5 Å². The Balaban J connectivity index is 1.77. The van der Waals surface area contributed by atoms with E-state index in [4.69, 9.17) is 9.47 Å². The molecule has 1 aromatic heterocycles. The van der Waals surface area contributed by atoms with E-state index in [9.17, 15) is 14.7 Å². The fourth-order valence-corrected chi connectivity index (χ4v) is 4.08. The van der Waals surface area contributed by atoms with Gasteiger partial charge in [0.1, 0.15) is 5.76 Å². The third kappa shape index (κ3) is 3.86. The van der Waals surface area contributed by atoms with Crippen LogP contribution in [0.2, 0.25) is 0 Å². The molecular formula is C23H26N3O5+. The lowest BCUT2D eigenvalue weighted by atomic mass is 9.96. The van der Waals surface area contributed by atoms with Crippen LogP contribution in [0, 0.1) is 0 Å². The van der Waals surface area contributed by atoms with Gasteiger partial charge in [-0.1, -0.05) is 6.07 Å². The molecule has 1 fully saturated rings. The van der Waals surface area contributed by atoms with E-state index in [1.54, 1.807) is 41.6 Å². The first-order valence-electron chi connectivity index (χ1n) is 10.5. The van der Waals surface area contributed by atoms with Gasteiger partial charge in [0.05, 0.1) is 37.8 Å².